The zero-order valence-corrected chi connectivity index (χ0v) is 12.4. The van der Waals surface area contributed by atoms with Gasteiger partial charge in [-0.2, -0.15) is 0 Å². The van der Waals surface area contributed by atoms with E-state index in [-0.39, 0.29) is 0 Å². The van der Waals surface area contributed by atoms with Gasteiger partial charge < -0.3 is 9.84 Å². The van der Waals surface area contributed by atoms with E-state index < -0.39 is 6.10 Å². The highest BCUT2D eigenvalue weighted by molar-refractivity contribution is 7.26. The first-order chi connectivity index (χ1) is 9.79. The lowest BCUT2D eigenvalue weighted by Crippen LogP contribution is -1.99. The van der Waals surface area contributed by atoms with Gasteiger partial charge in [0.15, 0.2) is 0 Å². The Labute approximate surface area is 125 Å². The van der Waals surface area contributed by atoms with E-state index in [1.807, 2.05) is 24.3 Å². The molecule has 1 saturated carbocycles. The summed E-state index contributed by atoms with van der Waals surface area (Å²) in [5.41, 5.74) is 0.919. The van der Waals surface area contributed by atoms with Crippen LogP contribution in [0, 0.1) is 0 Å². The third kappa shape index (κ3) is 2.35. The largest absolute Gasteiger partial charge is 0.490 e. The summed E-state index contributed by atoms with van der Waals surface area (Å²) in [7, 11) is 0. The third-order valence-electron chi connectivity index (χ3n) is 3.45. The molecule has 1 fully saturated rings. The van der Waals surface area contributed by atoms with Gasteiger partial charge in [-0.1, -0.05) is 12.1 Å². The van der Waals surface area contributed by atoms with Crippen molar-refractivity contribution < 1.29 is 9.84 Å². The molecule has 0 amide bonds. The molecule has 1 aromatic carbocycles. The maximum atomic E-state index is 10.5. The van der Waals surface area contributed by atoms with Crippen LogP contribution in [0.2, 0.25) is 0 Å². The van der Waals surface area contributed by atoms with E-state index in [0.29, 0.717) is 6.10 Å². The van der Waals surface area contributed by atoms with Gasteiger partial charge in [0.25, 0.3) is 0 Å². The Hall–Kier alpha value is -1.36. The lowest BCUT2D eigenvalue weighted by atomic mass is 10.1. The Bertz CT molecular complexity index is 694. The maximum Gasteiger partial charge on any atom is 0.119 e. The van der Waals surface area contributed by atoms with Crippen LogP contribution < -0.4 is 4.74 Å². The number of thiophene rings is 2. The summed E-state index contributed by atoms with van der Waals surface area (Å²) in [6.07, 6.45) is 2.19. The molecule has 2 aromatic heterocycles. The van der Waals surface area contributed by atoms with Crippen molar-refractivity contribution in [3.8, 4) is 5.75 Å². The van der Waals surface area contributed by atoms with Gasteiger partial charge in [-0.25, -0.2) is 0 Å². The molecule has 4 rings (SSSR count). The number of aliphatic hydroxyl groups excluding tert-OH is 1. The van der Waals surface area contributed by atoms with Gasteiger partial charge in [0, 0.05) is 14.3 Å². The highest BCUT2D eigenvalue weighted by Gasteiger charge is 2.23. The Morgan fingerprint density at radius 3 is 2.60 bits per heavy atom. The minimum absolute atomic E-state index is 0.412. The summed E-state index contributed by atoms with van der Waals surface area (Å²) >= 11 is 3.38. The lowest BCUT2D eigenvalue weighted by Gasteiger charge is -2.10. The van der Waals surface area contributed by atoms with Gasteiger partial charge >= 0.3 is 0 Å². The topological polar surface area (TPSA) is 29.5 Å². The molecule has 0 aliphatic heterocycles. The highest BCUT2D eigenvalue weighted by atomic mass is 32.1. The second kappa shape index (κ2) is 4.88. The fourth-order valence-corrected chi connectivity index (χ4v) is 4.32. The predicted octanol–water partition coefficient (Wildman–Crippen LogP) is 4.59. The molecule has 1 N–H and O–H groups in total. The van der Waals surface area contributed by atoms with Crippen LogP contribution in [0.25, 0.3) is 9.40 Å². The van der Waals surface area contributed by atoms with Crippen molar-refractivity contribution in [2.75, 3.05) is 0 Å². The van der Waals surface area contributed by atoms with E-state index >= 15 is 0 Å². The lowest BCUT2D eigenvalue weighted by molar-refractivity contribution is 0.224. The zero-order valence-electron chi connectivity index (χ0n) is 10.8. The van der Waals surface area contributed by atoms with Gasteiger partial charge in [0.2, 0.25) is 0 Å². The van der Waals surface area contributed by atoms with E-state index in [2.05, 4.69) is 17.5 Å². The van der Waals surface area contributed by atoms with E-state index in [0.717, 1.165) is 29.0 Å². The molecule has 3 aromatic rings. The summed E-state index contributed by atoms with van der Waals surface area (Å²) in [5.74, 6) is 0.899. The molecule has 2 heterocycles. The zero-order chi connectivity index (χ0) is 13.5. The van der Waals surface area contributed by atoms with Crippen molar-refractivity contribution in [2.45, 2.75) is 25.0 Å². The highest BCUT2D eigenvalue weighted by Crippen LogP contribution is 2.36. The van der Waals surface area contributed by atoms with Crippen LogP contribution in [-0.2, 0) is 0 Å². The van der Waals surface area contributed by atoms with Crippen molar-refractivity contribution in [2.24, 2.45) is 0 Å². The second-order valence-corrected chi connectivity index (χ2v) is 7.15. The molecule has 1 aliphatic rings. The first kappa shape index (κ1) is 12.4. The third-order valence-corrected chi connectivity index (χ3v) is 5.60. The number of benzene rings is 1. The summed E-state index contributed by atoms with van der Waals surface area (Å²) in [6.45, 7) is 0. The van der Waals surface area contributed by atoms with Crippen molar-refractivity contribution in [3.05, 3.63) is 52.2 Å². The molecule has 0 radical (unpaired) electrons. The van der Waals surface area contributed by atoms with Gasteiger partial charge in [0.05, 0.1) is 6.10 Å². The maximum absolute atomic E-state index is 10.5. The number of rotatable bonds is 4. The van der Waals surface area contributed by atoms with Crippen LogP contribution in [0.3, 0.4) is 0 Å². The molecule has 102 valence electrons. The first-order valence-corrected chi connectivity index (χ1v) is 8.41. The van der Waals surface area contributed by atoms with Gasteiger partial charge in [-0.15, -0.1) is 22.7 Å². The van der Waals surface area contributed by atoms with Crippen LogP contribution in [-0.4, -0.2) is 11.2 Å². The second-order valence-electron chi connectivity index (χ2n) is 5.09. The van der Waals surface area contributed by atoms with Crippen molar-refractivity contribution in [1.29, 1.82) is 0 Å². The molecule has 4 heteroatoms. The molecule has 0 bridgehead atoms. The minimum atomic E-state index is -0.547. The van der Waals surface area contributed by atoms with Gasteiger partial charge in [0.1, 0.15) is 11.9 Å². The average Bonchev–Trinajstić information content (AvgIpc) is 3.00. The molecule has 1 atom stereocenters. The molecule has 20 heavy (non-hydrogen) atoms. The van der Waals surface area contributed by atoms with Crippen molar-refractivity contribution in [1.82, 2.24) is 0 Å². The Morgan fingerprint density at radius 2 is 1.90 bits per heavy atom. The summed E-state index contributed by atoms with van der Waals surface area (Å²) in [4.78, 5) is 1.00. The van der Waals surface area contributed by atoms with Crippen molar-refractivity contribution >= 4 is 32.1 Å². The fourth-order valence-electron chi connectivity index (χ4n) is 2.19. The molecule has 0 saturated heterocycles. The van der Waals surface area contributed by atoms with Crippen LogP contribution >= 0.6 is 22.7 Å². The average molecular weight is 302 g/mol. The molecular formula is C16H14O2S2. The monoisotopic (exact) mass is 302 g/mol. The number of ether oxygens (including phenoxy) is 1. The van der Waals surface area contributed by atoms with E-state index in [9.17, 15) is 5.11 Å². The number of hydrogen-bond acceptors (Lipinski definition) is 4. The molecule has 2 nitrogen and oxygen atoms in total. The van der Waals surface area contributed by atoms with E-state index in [4.69, 9.17) is 4.74 Å². The quantitative estimate of drug-likeness (QED) is 0.764. The van der Waals surface area contributed by atoms with Crippen molar-refractivity contribution in [3.63, 3.8) is 0 Å². The molecule has 0 spiro atoms. The normalized spacial score (nSPS) is 16.4. The predicted molar refractivity (Wildman–Crippen MR) is 83.9 cm³/mol. The van der Waals surface area contributed by atoms with Crippen LogP contribution in [0.5, 0.6) is 5.75 Å². The Morgan fingerprint density at radius 1 is 1.10 bits per heavy atom. The number of aliphatic hydroxyl groups is 1. The van der Waals surface area contributed by atoms with Gasteiger partial charge in [-0.05, 0) is 48.1 Å². The standard InChI is InChI=1S/C16H14O2S2/c17-16(15-9-14-13(20-15)7-8-19-14)10-1-3-11(4-2-10)18-12-5-6-12/h1-4,7-9,12,16-17H,5-6H2. The molecule has 1 aliphatic carbocycles. The van der Waals surface area contributed by atoms with Crippen LogP contribution in [0.1, 0.15) is 29.4 Å². The van der Waals surface area contributed by atoms with E-state index in [1.54, 1.807) is 22.7 Å². The van der Waals surface area contributed by atoms with E-state index in [1.165, 1.54) is 9.40 Å². The minimum Gasteiger partial charge on any atom is -0.490 e. The first-order valence-electron chi connectivity index (χ1n) is 6.71. The summed E-state index contributed by atoms with van der Waals surface area (Å²) in [5, 5.41) is 12.6. The van der Waals surface area contributed by atoms with Gasteiger partial charge in [-0.3, -0.25) is 0 Å². The SMILES string of the molecule is OC(c1ccc(OC2CC2)cc1)c1cc2sccc2s1. The van der Waals surface area contributed by atoms with Crippen LogP contribution in [0.4, 0.5) is 0 Å². The Balaban J connectivity index is 1.57. The summed E-state index contributed by atoms with van der Waals surface area (Å²) in [6, 6.07) is 12.0. The number of hydrogen-bond donors (Lipinski definition) is 1. The Kier molecular flexibility index (Phi) is 3.02. The summed E-state index contributed by atoms with van der Waals surface area (Å²) < 4.78 is 8.22. The molecule has 1 unspecified atom stereocenters. The number of fused-ring (bicyclic) bond motifs is 1. The smallest absolute Gasteiger partial charge is 0.119 e. The van der Waals surface area contributed by atoms with Crippen LogP contribution in [0.15, 0.2) is 41.8 Å². The fraction of sp³-hybridized carbons (Fsp3) is 0.250. The molecular weight excluding hydrogens is 288 g/mol.